The lowest BCUT2D eigenvalue weighted by molar-refractivity contribution is -0.119. The molecule has 0 aliphatic carbocycles. The van der Waals surface area contributed by atoms with Gasteiger partial charge in [-0.05, 0) is 37.1 Å². The van der Waals surface area contributed by atoms with E-state index >= 15 is 0 Å². The number of hydrogen-bond acceptors (Lipinski definition) is 6. The van der Waals surface area contributed by atoms with Crippen LogP contribution in [0.25, 0.3) is 0 Å². The number of amides is 1. The van der Waals surface area contributed by atoms with Crippen LogP contribution in [0.3, 0.4) is 0 Å². The molecule has 1 N–H and O–H groups in total. The Morgan fingerprint density at radius 1 is 1.19 bits per heavy atom. The van der Waals surface area contributed by atoms with Crippen LogP contribution in [0.15, 0.2) is 64.2 Å². The Hall–Kier alpha value is -2.80. The van der Waals surface area contributed by atoms with E-state index in [2.05, 4.69) is 15.5 Å². The van der Waals surface area contributed by atoms with Gasteiger partial charge in [0.2, 0.25) is 5.91 Å². The van der Waals surface area contributed by atoms with Gasteiger partial charge in [-0.2, -0.15) is 0 Å². The van der Waals surface area contributed by atoms with E-state index in [1.54, 1.807) is 0 Å². The number of carbonyl (C=O) groups is 1. The minimum Gasteiger partial charge on any atom is -0.484 e. The third kappa shape index (κ3) is 5.86. The molecule has 0 bridgehead atoms. The Kier molecular flexibility index (Phi) is 6.49. The molecule has 27 heavy (non-hydrogen) atoms. The molecule has 7 heteroatoms. The maximum Gasteiger partial charge on any atom is 0.277 e. The van der Waals surface area contributed by atoms with Crippen molar-refractivity contribution in [2.75, 3.05) is 5.75 Å². The highest BCUT2D eigenvalue weighted by Gasteiger charge is 2.13. The molecule has 1 aromatic heterocycles. The van der Waals surface area contributed by atoms with E-state index in [-0.39, 0.29) is 24.3 Å². The summed E-state index contributed by atoms with van der Waals surface area (Å²) < 4.78 is 11.1. The van der Waals surface area contributed by atoms with Crippen LogP contribution in [0.5, 0.6) is 5.75 Å². The van der Waals surface area contributed by atoms with Crippen LogP contribution in [0.2, 0.25) is 0 Å². The summed E-state index contributed by atoms with van der Waals surface area (Å²) >= 11 is 1.20. The van der Waals surface area contributed by atoms with E-state index in [1.807, 2.05) is 68.4 Å². The second kappa shape index (κ2) is 9.23. The van der Waals surface area contributed by atoms with Gasteiger partial charge in [0.05, 0.1) is 11.8 Å². The third-order valence-electron chi connectivity index (χ3n) is 3.80. The molecule has 0 spiro atoms. The molecule has 1 unspecified atom stereocenters. The minimum absolute atomic E-state index is 0.0553. The zero-order chi connectivity index (χ0) is 19.1. The highest BCUT2D eigenvalue weighted by atomic mass is 32.2. The summed E-state index contributed by atoms with van der Waals surface area (Å²) in [6.45, 7) is 4.14. The Balaban J connectivity index is 1.44. The molecule has 0 fully saturated rings. The molecule has 0 radical (unpaired) electrons. The lowest BCUT2D eigenvalue weighted by Crippen LogP contribution is -2.28. The summed E-state index contributed by atoms with van der Waals surface area (Å²) in [6, 6.07) is 17.5. The number of aromatic nitrogens is 2. The number of nitrogens with zero attached hydrogens (tertiary/aromatic N) is 2. The van der Waals surface area contributed by atoms with Crippen LogP contribution in [0.1, 0.15) is 30.0 Å². The first kappa shape index (κ1) is 19.0. The number of aryl methyl sites for hydroxylation is 1. The largest absolute Gasteiger partial charge is 0.484 e. The number of rotatable bonds is 8. The standard InChI is InChI=1S/C20H21N3O3S/c1-14-7-6-10-17(11-14)25-12-19-22-23-20(26-19)27-13-18(24)21-15(2)16-8-4-3-5-9-16/h3-11,15H,12-13H2,1-2H3,(H,21,24). The summed E-state index contributed by atoms with van der Waals surface area (Å²) in [5.41, 5.74) is 2.18. The molecule has 2 aromatic carbocycles. The maximum atomic E-state index is 12.1. The van der Waals surface area contributed by atoms with Crippen LogP contribution < -0.4 is 10.1 Å². The Labute approximate surface area is 162 Å². The predicted molar refractivity (Wildman–Crippen MR) is 104 cm³/mol. The minimum atomic E-state index is -0.0906. The van der Waals surface area contributed by atoms with E-state index in [1.165, 1.54) is 11.8 Å². The summed E-state index contributed by atoms with van der Waals surface area (Å²) in [4.78, 5) is 12.1. The van der Waals surface area contributed by atoms with Gasteiger partial charge in [0, 0.05) is 0 Å². The van der Waals surface area contributed by atoms with Crippen molar-refractivity contribution in [2.24, 2.45) is 0 Å². The number of thioether (sulfide) groups is 1. The van der Waals surface area contributed by atoms with Crippen molar-refractivity contribution >= 4 is 17.7 Å². The van der Waals surface area contributed by atoms with Gasteiger partial charge in [-0.25, -0.2) is 0 Å². The predicted octanol–water partition coefficient (Wildman–Crippen LogP) is 3.93. The highest BCUT2D eigenvalue weighted by molar-refractivity contribution is 7.99. The van der Waals surface area contributed by atoms with Gasteiger partial charge >= 0.3 is 0 Å². The SMILES string of the molecule is Cc1cccc(OCc2nnc(SCC(=O)NC(C)c3ccccc3)o2)c1. The first-order valence-electron chi connectivity index (χ1n) is 8.59. The second-order valence-corrected chi connectivity index (χ2v) is 6.98. The van der Waals surface area contributed by atoms with Crippen LogP contribution in [0, 0.1) is 6.92 Å². The van der Waals surface area contributed by atoms with Gasteiger partial charge in [0.15, 0.2) is 6.61 Å². The average Bonchev–Trinajstić information content (AvgIpc) is 3.13. The number of hydrogen-bond donors (Lipinski definition) is 1. The molecule has 0 aliphatic heterocycles. The smallest absolute Gasteiger partial charge is 0.277 e. The van der Waals surface area contributed by atoms with E-state index in [9.17, 15) is 4.79 Å². The van der Waals surface area contributed by atoms with Crippen molar-refractivity contribution in [1.29, 1.82) is 0 Å². The summed E-state index contributed by atoms with van der Waals surface area (Å²) in [5, 5.41) is 11.2. The Morgan fingerprint density at radius 2 is 2.00 bits per heavy atom. The fourth-order valence-corrected chi connectivity index (χ4v) is 3.03. The zero-order valence-electron chi connectivity index (χ0n) is 15.2. The number of carbonyl (C=O) groups excluding carboxylic acids is 1. The average molecular weight is 383 g/mol. The van der Waals surface area contributed by atoms with Gasteiger partial charge in [-0.1, -0.05) is 54.2 Å². The maximum absolute atomic E-state index is 12.1. The van der Waals surface area contributed by atoms with Gasteiger partial charge in [-0.3, -0.25) is 4.79 Å². The molecule has 0 saturated heterocycles. The molecule has 1 amide bonds. The molecular formula is C20H21N3O3S. The summed E-state index contributed by atoms with van der Waals surface area (Å²) in [7, 11) is 0. The third-order valence-corrected chi connectivity index (χ3v) is 4.62. The molecule has 6 nitrogen and oxygen atoms in total. The zero-order valence-corrected chi connectivity index (χ0v) is 16.0. The van der Waals surface area contributed by atoms with Crippen LogP contribution in [-0.2, 0) is 11.4 Å². The molecule has 3 rings (SSSR count). The molecule has 140 valence electrons. The van der Waals surface area contributed by atoms with Crippen molar-refractivity contribution in [2.45, 2.75) is 31.7 Å². The lowest BCUT2D eigenvalue weighted by atomic mass is 10.1. The second-order valence-electron chi connectivity index (χ2n) is 6.06. The topological polar surface area (TPSA) is 77.2 Å². The van der Waals surface area contributed by atoms with E-state index in [4.69, 9.17) is 9.15 Å². The normalized spacial score (nSPS) is 11.8. The lowest BCUT2D eigenvalue weighted by Gasteiger charge is -2.13. The molecule has 1 atom stereocenters. The highest BCUT2D eigenvalue weighted by Crippen LogP contribution is 2.19. The number of benzene rings is 2. The van der Waals surface area contributed by atoms with Gasteiger partial charge in [0.25, 0.3) is 11.1 Å². The molecule has 1 heterocycles. The van der Waals surface area contributed by atoms with Crippen molar-refractivity contribution in [3.63, 3.8) is 0 Å². The quantitative estimate of drug-likeness (QED) is 0.594. The van der Waals surface area contributed by atoms with E-state index in [0.717, 1.165) is 16.9 Å². The monoisotopic (exact) mass is 383 g/mol. The first-order valence-corrected chi connectivity index (χ1v) is 9.57. The number of ether oxygens (including phenoxy) is 1. The fraction of sp³-hybridized carbons (Fsp3) is 0.250. The van der Waals surface area contributed by atoms with Gasteiger partial charge in [0.1, 0.15) is 5.75 Å². The molecule has 0 saturated carbocycles. The fourth-order valence-electron chi connectivity index (χ4n) is 2.44. The van der Waals surface area contributed by atoms with Crippen molar-refractivity contribution in [1.82, 2.24) is 15.5 Å². The summed E-state index contributed by atoms with van der Waals surface area (Å²) in [6.07, 6.45) is 0. The van der Waals surface area contributed by atoms with Crippen molar-refractivity contribution in [3.05, 3.63) is 71.6 Å². The molecule has 0 aliphatic rings. The van der Waals surface area contributed by atoms with Crippen molar-refractivity contribution < 1.29 is 13.9 Å². The van der Waals surface area contributed by atoms with Crippen LogP contribution >= 0.6 is 11.8 Å². The number of nitrogens with one attached hydrogen (secondary N) is 1. The van der Waals surface area contributed by atoms with Gasteiger partial charge < -0.3 is 14.5 Å². The molecule has 3 aromatic rings. The first-order chi connectivity index (χ1) is 13.1. The van der Waals surface area contributed by atoms with Crippen LogP contribution in [-0.4, -0.2) is 21.9 Å². The summed E-state index contributed by atoms with van der Waals surface area (Å²) in [5.74, 6) is 1.23. The Bertz CT molecular complexity index is 883. The molecular weight excluding hydrogens is 362 g/mol. The van der Waals surface area contributed by atoms with Gasteiger partial charge in [-0.15, -0.1) is 10.2 Å². The Morgan fingerprint density at radius 3 is 2.78 bits per heavy atom. The van der Waals surface area contributed by atoms with Crippen molar-refractivity contribution in [3.8, 4) is 5.75 Å². The van der Waals surface area contributed by atoms with Crippen LogP contribution in [0.4, 0.5) is 0 Å². The van der Waals surface area contributed by atoms with E-state index in [0.29, 0.717) is 11.1 Å². The van der Waals surface area contributed by atoms with E-state index < -0.39 is 0 Å².